The van der Waals surface area contributed by atoms with E-state index in [0.717, 1.165) is 29.0 Å². The second-order valence-corrected chi connectivity index (χ2v) is 4.67. The van der Waals surface area contributed by atoms with Crippen molar-refractivity contribution in [2.24, 2.45) is 0 Å². The van der Waals surface area contributed by atoms with Gasteiger partial charge in [-0.15, -0.1) is 0 Å². The third-order valence-electron chi connectivity index (χ3n) is 3.14. The molecule has 1 atom stereocenters. The van der Waals surface area contributed by atoms with Crippen LogP contribution in [-0.4, -0.2) is 19.3 Å². The predicted molar refractivity (Wildman–Crippen MR) is 82.0 cm³/mol. The third kappa shape index (κ3) is 3.77. The number of anilines is 1. The minimum absolute atomic E-state index is 0.0638. The Morgan fingerprint density at radius 1 is 1.19 bits per heavy atom. The highest BCUT2D eigenvalue weighted by Crippen LogP contribution is 2.35. The first-order chi connectivity index (χ1) is 10.2. The summed E-state index contributed by atoms with van der Waals surface area (Å²) in [6.45, 7) is 4.29. The Morgan fingerprint density at radius 2 is 1.86 bits per heavy atom. The van der Waals surface area contributed by atoms with Gasteiger partial charge in [-0.3, -0.25) is 4.79 Å². The molecule has 2 aromatic carbocycles. The zero-order valence-electron chi connectivity index (χ0n) is 11.8. The van der Waals surface area contributed by atoms with Crippen LogP contribution in [-0.2, 0) is 14.3 Å². The monoisotopic (exact) mass is 283 g/mol. The van der Waals surface area contributed by atoms with Crippen molar-refractivity contribution in [3.63, 3.8) is 0 Å². The van der Waals surface area contributed by atoms with Crippen molar-refractivity contribution in [1.82, 2.24) is 0 Å². The van der Waals surface area contributed by atoms with Gasteiger partial charge in [-0.05, 0) is 17.2 Å². The lowest BCUT2D eigenvalue weighted by Gasteiger charge is -2.11. The van der Waals surface area contributed by atoms with E-state index < -0.39 is 0 Å². The molecule has 1 saturated heterocycles. The Balaban J connectivity index is 0.000000774. The van der Waals surface area contributed by atoms with Gasteiger partial charge >= 0.3 is 0 Å². The molecule has 0 bridgehead atoms. The molecule has 0 saturated carbocycles. The highest BCUT2D eigenvalue weighted by Gasteiger charge is 2.25. The summed E-state index contributed by atoms with van der Waals surface area (Å²) in [4.78, 5) is 19.4. The molecule has 4 heteroatoms. The minimum Gasteiger partial charge on any atom is -0.368 e. The summed E-state index contributed by atoms with van der Waals surface area (Å²) >= 11 is 0. The normalized spacial score (nSPS) is 15.6. The van der Waals surface area contributed by atoms with Crippen LogP contribution in [0.2, 0.25) is 0 Å². The Bertz CT molecular complexity index is 621. The van der Waals surface area contributed by atoms with Crippen LogP contribution in [0, 0.1) is 0 Å². The third-order valence-corrected chi connectivity index (χ3v) is 3.14. The van der Waals surface area contributed by atoms with Gasteiger partial charge in [-0.25, -0.2) is 0 Å². The number of benzene rings is 2. The molecule has 3 rings (SSSR count). The quantitative estimate of drug-likeness (QED) is 0.880. The molecule has 1 aliphatic rings. The first-order valence-corrected chi connectivity index (χ1v) is 6.61. The molecule has 1 fully saturated rings. The number of amides is 1. The fourth-order valence-corrected chi connectivity index (χ4v) is 2.17. The van der Waals surface area contributed by atoms with Crippen LogP contribution in [0.4, 0.5) is 5.69 Å². The van der Waals surface area contributed by atoms with Crippen LogP contribution in [0.3, 0.4) is 0 Å². The van der Waals surface area contributed by atoms with E-state index >= 15 is 0 Å². The van der Waals surface area contributed by atoms with Gasteiger partial charge in [0, 0.05) is 18.2 Å². The highest BCUT2D eigenvalue weighted by molar-refractivity contribution is 5.94. The number of hydrogen-bond donors (Lipinski definition) is 1. The van der Waals surface area contributed by atoms with Crippen LogP contribution in [0.1, 0.15) is 18.6 Å². The molecule has 108 valence electrons. The number of carbonyl (C=O) groups is 2. The van der Waals surface area contributed by atoms with Crippen molar-refractivity contribution >= 4 is 18.4 Å². The lowest BCUT2D eigenvalue weighted by Crippen LogP contribution is -2.07. The number of rotatable bonds is 3. The van der Waals surface area contributed by atoms with E-state index in [1.807, 2.05) is 49.3 Å². The SMILES string of the molecule is C=O.CC(=O)Nc1cc([C@H]2CO2)ccc1-c1ccccc1. The molecule has 4 nitrogen and oxygen atoms in total. The molecule has 1 N–H and O–H groups in total. The molecule has 0 spiro atoms. The molecule has 1 aliphatic heterocycles. The van der Waals surface area contributed by atoms with Crippen LogP contribution in [0.25, 0.3) is 11.1 Å². The molecule has 1 heterocycles. The number of hydrogen-bond acceptors (Lipinski definition) is 3. The highest BCUT2D eigenvalue weighted by atomic mass is 16.6. The largest absolute Gasteiger partial charge is 0.368 e. The molecular weight excluding hydrogens is 266 g/mol. The number of nitrogens with one attached hydrogen (secondary N) is 1. The summed E-state index contributed by atoms with van der Waals surface area (Å²) < 4.78 is 5.29. The van der Waals surface area contributed by atoms with Crippen LogP contribution < -0.4 is 5.32 Å². The van der Waals surface area contributed by atoms with Crippen molar-refractivity contribution in [1.29, 1.82) is 0 Å². The van der Waals surface area contributed by atoms with E-state index in [0.29, 0.717) is 0 Å². The van der Waals surface area contributed by atoms with E-state index in [9.17, 15) is 4.79 Å². The Morgan fingerprint density at radius 3 is 2.43 bits per heavy atom. The molecule has 1 amide bonds. The predicted octanol–water partition coefficient (Wildman–Crippen LogP) is 3.20. The Labute approximate surface area is 123 Å². The summed E-state index contributed by atoms with van der Waals surface area (Å²) in [7, 11) is 0. The molecule has 0 aliphatic carbocycles. The lowest BCUT2D eigenvalue weighted by molar-refractivity contribution is -0.114. The zero-order valence-corrected chi connectivity index (χ0v) is 11.8. The van der Waals surface area contributed by atoms with Gasteiger partial charge in [0.15, 0.2) is 0 Å². The smallest absolute Gasteiger partial charge is 0.221 e. The minimum atomic E-state index is -0.0638. The Kier molecular flexibility index (Phi) is 4.85. The number of ether oxygens (including phenoxy) is 1. The molecular formula is C17H17NO3. The van der Waals surface area contributed by atoms with E-state index in [2.05, 4.69) is 11.4 Å². The summed E-state index contributed by atoms with van der Waals surface area (Å²) in [6, 6.07) is 16.1. The molecule has 0 unspecified atom stereocenters. The first kappa shape index (κ1) is 14.9. The molecule has 0 radical (unpaired) electrons. The van der Waals surface area contributed by atoms with Gasteiger partial charge in [0.05, 0.1) is 6.61 Å². The first-order valence-electron chi connectivity index (χ1n) is 6.61. The van der Waals surface area contributed by atoms with E-state index in [1.165, 1.54) is 6.92 Å². The fraction of sp³-hybridized carbons (Fsp3) is 0.176. The van der Waals surface area contributed by atoms with Crippen molar-refractivity contribution in [2.75, 3.05) is 11.9 Å². The zero-order chi connectivity index (χ0) is 15.2. The Hall–Kier alpha value is -2.46. The molecule has 0 aromatic heterocycles. The van der Waals surface area contributed by atoms with Gasteiger partial charge in [0.25, 0.3) is 0 Å². The lowest BCUT2D eigenvalue weighted by atomic mass is 10.0. The average Bonchev–Trinajstić information content (AvgIpc) is 3.34. The van der Waals surface area contributed by atoms with Gasteiger partial charge in [-0.1, -0.05) is 42.5 Å². The van der Waals surface area contributed by atoms with Gasteiger partial charge in [-0.2, -0.15) is 0 Å². The average molecular weight is 283 g/mol. The standard InChI is InChI=1S/C16H15NO2.CH2O/c1-11(18)17-15-9-13(16-10-19-16)7-8-14(15)12-5-3-2-4-6-12;1-2/h2-9,16H,10H2,1H3,(H,17,18);1H2/t16-;/m1./s1. The number of carbonyl (C=O) groups excluding carboxylic acids is 2. The maximum atomic E-state index is 11.4. The molecule has 2 aromatic rings. The van der Waals surface area contributed by atoms with Crippen LogP contribution in [0.5, 0.6) is 0 Å². The summed E-state index contributed by atoms with van der Waals surface area (Å²) in [5.41, 5.74) is 4.07. The number of epoxide rings is 1. The summed E-state index contributed by atoms with van der Waals surface area (Å²) in [5.74, 6) is -0.0638. The van der Waals surface area contributed by atoms with Crippen LogP contribution in [0.15, 0.2) is 48.5 Å². The summed E-state index contributed by atoms with van der Waals surface area (Å²) in [5, 5.41) is 2.90. The van der Waals surface area contributed by atoms with Gasteiger partial charge in [0.2, 0.25) is 5.91 Å². The maximum absolute atomic E-state index is 11.4. The van der Waals surface area contributed by atoms with E-state index in [-0.39, 0.29) is 12.0 Å². The van der Waals surface area contributed by atoms with E-state index in [4.69, 9.17) is 9.53 Å². The maximum Gasteiger partial charge on any atom is 0.221 e. The van der Waals surface area contributed by atoms with E-state index in [1.54, 1.807) is 0 Å². The van der Waals surface area contributed by atoms with Crippen molar-refractivity contribution in [2.45, 2.75) is 13.0 Å². The summed E-state index contributed by atoms with van der Waals surface area (Å²) in [6.07, 6.45) is 0.192. The van der Waals surface area contributed by atoms with Gasteiger partial charge < -0.3 is 14.8 Å². The fourth-order valence-electron chi connectivity index (χ4n) is 2.17. The molecule has 21 heavy (non-hydrogen) atoms. The van der Waals surface area contributed by atoms with Crippen molar-refractivity contribution < 1.29 is 14.3 Å². The van der Waals surface area contributed by atoms with Crippen LogP contribution >= 0.6 is 0 Å². The van der Waals surface area contributed by atoms with Crippen molar-refractivity contribution in [3.8, 4) is 11.1 Å². The topological polar surface area (TPSA) is 58.7 Å². The second kappa shape index (κ2) is 6.81. The van der Waals surface area contributed by atoms with Crippen molar-refractivity contribution in [3.05, 3.63) is 54.1 Å². The van der Waals surface area contributed by atoms with Gasteiger partial charge in [0.1, 0.15) is 12.9 Å². The second-order valence-electron chi connectivity index (χ2n) is 4.67.